The Labute approximate surface area is 341 Å². The highest BCUT2D eigenvalue weighted by atomic mass is 32.1. The maximum atomic E-state index is 5.08. The van der Waals surface area contributed by atoms with Gasteiger partial charge in [0.2, 0.25) is 0 Å². The van der Waals surface area contributed by atoms with Crippen molar-refractivity contribution in [2.24, 2.45) is 0 Å². The average molecular weight is 770 g/mol. The van der Waals surface area contributed by atoms with Crippen molar-refractivity contribution in [3.8, 4) is 33.9 Å². The minimum atomic E-state index is 0.170. The second-order valence-electron chi connectivity index (χ2n) is 14.9. The molecule has 1 atom stereocenters. The number of rotatable bonds is 7. The normalized spacial score (nSPS) is 14.5. The zero-order valence-electron chi connectivity index (χ0n) is 32.0. The molecule has 9 aromatic rings. The third-order valence-corrected chi connectivity index (χ3v) is 13.6. The van der Waals surface area contributed by atoms with Gasteiger partial charge < -0.3 is 0 Å². The average Bonchev–Trinajstić information content (AvgIpc) is 3.80. The van der Waals surface area contributed by atoms with E-state index >= 15 is 0 Å². The van der Waals surface area contributed by atoms with Crippen LogP contribution in [0.5, 0.6) is 0 Å². The molecule has 0 bridgehead atoms. The summed E-state index contributed by atoms with van der Waals surface area (Å²) in [5.41, 5.74) is 11.8. The second-order valence-corrected chi connectivity index (χ2v) is 17.0. The van der Waals surface area contributed by atoms with Gasteiger partial charge in [0.25, 0.3) is 0 Å². The fourth-order valence-electron chi connectivity index (χ4n) is 8.06. The van der Waals surface area contributed by atoms with Crippen LogP contribution in [-0.2, 0) is 0 Å². The topological polar surface area (TPSA) is 38.7 Å². The van der Waals surface area contributed by atoms with E-state index < -0.39 is 0 Å². The number of benzene rings is 6. The summed E-state index contributed by atoms with van der Waals surface area (Å²) in [6.07, 6.45) is 10.1. The quantitative estimate of drug-likeness (QED) is 0.162. The lowest BCUT2D eigenvalue weighted by Crippen LogP contribution is -2.06. The predicted octanol–water partition coefficient (Wildman–Crippen LogP) is 14.8. The molecule has 10 rings (SSSR count). The Hall–Kier alpha value is -6.27. The summed E-state index contributed by atoms with van der Waals surface area (Å²) < 4.78 is 3.97. The Balaban J connectivity index is 1.06. The molecule has 57 heavy (non-hydrogen) atoms. The Morgan fingerprint density at radius 1 is 0.596 bits per heavy atom. The number of aryl methyl sites for hydroxylation is 2. The number of hydrogen-bond acceptors (Lipinski definition) is 5. The van der Waals surface area contributed by atoms with Gasteiger partial charge in [0, 0.05) is 52.4 Å². The van der Waals surface area contributed by atoms with Gasteiger partial charge in [0.05, 0.1) is 0 Å². The van der Waals surface area contributed by atoms with E-state index in [0.29, 0.717) is 17.5 Å². The molecular weight excluding hydrogens is 731 g/mol. The molecule has 6 aromatic carbocycles. The van der Waals surface area contributed by atoms with E-state index in [4.69, 9.17) is 15.0 Å². The van der Waals surface area contributed by atoms with Crippen molar-refractivity contribution in [2.45, 2.75) is 33.1 Å². The highest BCUT2D eigenvalue weighted by molar-refractivity contribution is 7.25. The molecule has 0 saturated heterocycles. The fraction of sp³-hybridized carbons (Fsp3) is 0.0962. The maximum absolute atomic E-state index is 5.08. The molecule has 1 unspecified atom stereocenters. The van der Waals surface area contributed by atoms with E-state index in [1.165, 1.54) is 68.5 Å². The Morgan fingerprint density at radius 3 is 2.09 bits per heavy atom. The van der Waals surface area contributed by atoms with E-state index in [1.54, 1.807) is 0 Å². The molecule has 274 valence electrons. The van der Waals surface area contributed by atoms with Gasteiger partial charge in [-0.1, -0.05) is 133 Å². The molecule has 5 heteroatoms. The summed E-state index contributed by atoms with van der Waals surface area (Å²) in [4.78, 5) is 16.4. The SMILES string of the molecule is C/C(=C\c1sc2ccccc2c1C)c1ccc(-c2ccc3sc4ccccc4c3c2)c(C2C=CC(c3nc(-c4ccccc4)nc(-c4ccccc4C)n3)=CC2)c1. The number of thiophene rings is 2. The van der Waals surface area contributed by atoms with Gasteiger partial charge in [-0.3, -0.25) is 0 Å². The molecule has 0 radical (unpaired) electrons. The number of hydrogen-bond donors (Lipinski definition) is 0. The zero-order chi connectivity index (χ0) is 38.5. The lowest BCUT2D eigenvalue weighted by atomic mass is 9.83. The van der Waals surface area contributed by atoms with E-state index in [0.717, 1.165) is 28.7 Å². The van der Waals surface area contributed by atoms with E-state index in [2.05, 4.69) is 160 Å². The van der Waals surface area contributed by atoms with Gasteiger partial charge in [0.15, 0.2) is 17.5 Å². The first-order chi connectivity index (χ1) is 28.0. The zero-order valence-corrected chi connectivity index (χ0v) is 33.7. The smallest absolute Gasteiger partial charge is 0.164 e. The molecule has 1 aliphatic carbocycles. The molecule has 3 heterocycles. The molecule has 0 saturated carbocycles. The first kappa shape index (κ1) is 35.2. The standard InChI is InChI=1S/C52H39N3S2/c1-32-13-7-8-16-40(32)52-54-50(36-14-5-4-6-15-36)53-51(55-52)37-23-21-35(22-24-37)44-30-38(33(2)29-49-34(3)41-17-9-11-19-46(41)57-49)25-27-42(44)39-26-28-48-45(31-39)43-18-10-12-20-47(43)56-48/h4-21,23-31,35H,22H2,1-3H3/b33-29+. The van der Waals surface area contributed by atoms with Crippen LogP contribution in [-0.4, -0.2) is 15.0 Å². The van der Waals surface area contributed by atoms with Gasteiger partial charge in [0.1, 0.15) is 0 Å². The van der Waals surface area contributed by atoms with Crippen molar-refractivity contribution in [1.82, 2.24) is 15.0 Å². The molecule has 3 nitrogen and oxygen atoms in total. The summed E-state index contributed by atoms with van der Waals surface area (Å²) in [7, 11) is 0. The van der Waals surface area contributed by atoms with E-state index in [1.807, 2.05) is 46.9 Å². The third-order valence-electron chi connectivity index (χ3n) is 11.2. The molecule has 1 aliphatic rings. The number of allylic oxidation sites excluding steroid dienone is 5. The molecular formula is C52H39N3S2. The summed E-state index contributed by atoms with van der Waals surface area (Å²) >= 11 is 3.73. The van der Waals surface area contributed by atoms with Crippen molar-refractivity contribution in [2.75, 3.05) is 0 Å². The summed E-state index contributed by atoms with van der Waals surface area (Å²) in [5.74, 6) is 2.23. The Bertz CT molecular complexity index is 3090. The van der Waals surface area contributed by atoms with Gasteiger partial charge in [-0.05, 0) is 102 Å². The lowest BCUT2D eigenvalue weighted by molar-refractivity contribution is 0.855. The van der Waals surface area contributed by atoms with Crippen LogP contribution in [0, 0.1) is 13.8 Å². The number of fused-ring (bicyclic) bond motifs is 4. The van der Waals surface area contributed by atoms with Crippen LogP contribution in [0.3, 0.4) is 0 Å². The second kappa shape index (κ2) is 14.7. The van der Waals surface area contributed by atoms with E-state index in [-0.39, 0.29) is 5.92 Å². The highest BCUT2D eigenvalue weighted by Gasteiger charge is 2.21. The number of nitrogens with zero attached hydrogens (tertiary/aromatic N) is 3. The molecule has 0 N–H and O–H groups in total. The first-order valence-corrected chi connectivity index (χ1v) is 21.1. The molecule has 0 spiro atoms. The minimum Gasteiger partial charge on any atom is -0.208 e. The molecule has 3 aromatic heterocycles. The molecule has 0 fully saturated rings. The maximum Gasteiger partial charge on any atom is 0.164 e. The van der Waals surface area contributed by atoms with Crippen molar-refractivity contribution >= 4 is 70.2 Å². The van der Waals surface area contributed by atoms with Gasteiger partial charge in [-0.15, -0.1) is 22.7 Å². The monoisotopic (exact) mass is 769 g/mol. The van der Waals surface area contributed by atoms with E-state index in [9.17, 15) is 0 Å². The predicted molar refractivity (Wildman–Crippen MR) is 245 cm³/mol. The minimum absolute atomic E-state index is 0.170. The van der Waals surface area contributed by atoms with Crippen molar-refractivity contribution in [3.63, 3.8) is 0 Å². The lowest BCUT2D eigenvalue weighted by Gasteiger charge is -2.22. The van der Waals surface area contributed by atoms with Crippen LogP contribution < -0.4 is 0 Å². The van der Waals surface area contributed by atoms with Crippen LogP contribution in [0.1, 0.15) is 52.2 Å². The number of aromatic nitrogens is 3. The van der Waals surface area contributed by atoms with Crippen molar-refractivity contribution < 1.29 is 0 Å². The molecule has 0 aliphatic heterocycles. The van der Waals surface area contributed by atoms with Gasteiger partial charge in [-0.25, -0.2) is 15.0 Å². The Kier molecular flexibility index (Phi) is 9.05. The third kappa shape index (κ3) is 6.63. The van der Waals surface area contributed by atoms with Crippen LogP contribution in [0.25, 0.3) is 81.4 Å². The van der Waals surface area contributed by atoms with Crippen LogP contribution in [0.15, 0.2) is 158 Å². The first-order valence-electron chi connectivity index (χ1n) is 19.5. The molecule has 0 amide bonds. The summed E-state index contributed by atoms with van der Waals surface area (Å²) in [5, 5.41) is 3.97. The fourth-order valence-corrected chi connectivity index (χ4v) is 10.4. The van der Waals surface area contributed by atoms with Crippen molar-refractivity contribution in [3.05, 3.63) is 191 Å². The summed E-state index contributed by atoms with van der Waals surface area (Å²) in [6, 6.07) is 50.0. The highest BCUT2D eigenvalue weighted by Crippen LogP contribution is 2.42. The van der Waals surface area contributed by atoms with Crippen LogP contribution >= 0.6 is 22.7 Å². The van der Waals surface area contributed by atoms with Gasteiger partial charge in [-0.2, -0.15) is 0 Å². The summed E-state index contributed by atoms with van der Waals surface area (Å²) in [6.45, 7) is 6.60. The van der Waals surface area contributed by atoms with Crippen molar-refractivity contribution in [1.29, 1.82) is 0 Å². The van der Waals surface area contributed by atoms with Gasteiger partial charge >= 0.3 is 0 Å². The Morgan fingerprint density at radius 2 is 1.30 bits per heavy atom. The largest absolute Gasteiger partial charge is 0.208 e. The van der Waals surface area contributed by atoms with Crippen LogP contribution in [0.2, 0.25) is 0 Å². The van der Waals surface area contributed by atoms with Crippen LogP contribution in [0.4, 0.5) is 0 Å².